The topological polar surface area (TPSA) is 125 Å². The van der Waals surface area contributed by atoms with E-state index in [-0.39, 0.29) is 34.9 Å². The summed E-state index contributed by atoms with van der Waals surface area (Å²) < 4.78 is 32.8. The maximum absolute atomic E-state index is 12.9. The van der Waals surface area contributed by atoms with Crippen LogP contribution in [0.5, 0.6) is 0 Å². The zero-order chi connectivity index (χ0) is 23.5. The van der Waals surface area contributed by atoms with E-state index in [2.05, 4.69) is 10.2 Å². The van der Waals surface area contributed by atoms with E-state index in [4.69, 9.17) is 9.84 Å². The Kier molecular flexibility index (Phi) is 7.37. The minimum atomic E-state index is -3.96. The average molecular weight is 480 g/mol. The molecule has 33 heavy (non-hydrogen) atoms. The van der Waals surface area contributed by atoms with Gasteiger partial charge in [-0.2, -0.15) is 4.72 Å². The van der Waals surface area contributed by atoms with Gasteiger partial charge in [-0.1, -0.05) is 12.1 Å². The van der Waals surface area contributed by atoms with E-state index >= 15 is 0 Å². The molecule has 9 nitrogen and oxygen atoms in total. The average Bonchev–Trinajstić information content (AvgIpc) is 3.47. The smallest absolute Gasteiger partial charge is 0.318 e. The predicted octanol–water partition coefficient (Wildman–Crippen LogP) is 1.27. The second kappa shape index (κ2) is 10.1. The number of aliphatic carboxylic acids is 1. The number of nitrogens with one attached hydrogen (secondary N) is 2. The van der Waals surface area contributed by atoms with Gasteiger partial charge in [0.05, 0.1) is 16.9 Å². The molecule has 0 bridgehead atoms. The third-order valence-electron chi connectivity index (χ3n) is 7.08. The van der Waals surface area contributed by atoms with Crippen molar-refractivity contribution in [1.29, 1.82) is 0 Å². The van der Waals surface area contributed by atoms with Gasteiger partial charge >= 0.3 is 5.97 Å². The van der Waals surface area contributed by atoms with Crippen molar-refractivity contribution in [3.63, 3.8) is 0 Å². The number of carboxylic acids is 1. The summed E-state index contributed by atoms with van der Waals surface area (Å²) in [6.07, 6.45) is 7.39. The minimum absolute atomic E-state index is 0.0415. The normalized spacial score (nSPS) is 28.2. The number of benzene rings is 1. The fourth-order valence-electron chi connectivity index (χ4n) is 5.48. The number of likely N-dealkylation sites (tertiary alicyclic amines) is 1. The number of carboxylic acid groups (broad SMARTS) is 1. The maximum Gasteiger partial charge on any atom is 0.318 e. The molecule has 2 heterocycles. The van der Waals surface area contributed by atoms with Gasteiger partial charge in [0.1, 0.15) is 6.54 Å². The van der Waals surface area contributed by atoms with E-state index in [1.54, 1.807) is 12.1 Å². The Labute approximate surface area is 194 Å². The van der Waals surface area contributed by atoms with Crippen molar-refractivity contribution < 1.29 is 27.9 Å². The number of carbonyl (C=O) groups is 2. The molecule has 1 spiro atoms. The number of hydrogen-bond donors (Lipinski definition) is 3. The molecule has 1 aromatic rings. The molecule has 0 unspecified atom stereocenters. The van der Waals surface area contributed by atoms with Crippen LogP contribution in [0.2, 0.25) is 0 Å². The summed E-state index contributed by atoms with van der Waals surface area (Å²) in [5, 5.41) is 11.9. The highest BCUT2D eigenvalue weighted by Gasteiger charge is 2.46. The van der Waals surface area contributed by atoms with Crippen molar-refractivity contribution in [2.24, 2.45) is 0 Å². The lowest BCUT2D eigenvalue weighted by Crippen LogP contribution is -2.58. The van der Waals surface area contributed by atoms with Crippen LogP contribution in [0.15, 0.2) is 29.2 Å². The molecule has 1 aliphatic carbocycles. The summed E-state index contributed by atoms with van der Waals surface area (Å²) in [4.78, 5) is 26.1. The molecular formula is C23H33N3O6S. The fourth-order valence-corrected chi connectivity index (χ4v) is 6.53. The molecule has 2 saturated heterocycles. The van der Waals surface area contributed by atoms with Gasteiger partial charge in [-0.3, -0.25) is 14.5 Å². The molecule has 0 radical (unpaired) electrons. The Morgan fingerprint density at radius 2 is 1.97 bits per heavy atom. The van der Waals surface area contributed by atoms with Crippen LogP contribution in [-0.4, -0.2) is 74.2 Å². The predicted molar refractivity (Wildman–Crippen MR) is 121 cm³/mol. The molecule has 3 atom stereocenters. The van der Waals surface area contributed by atoms with Crippen LogP contribution >= 0.6 is 0 Å². The first kappa shape index (κ1) is 24.1. The molecular weight excluding hydrogens is 446 g/mol. The van der Waals surface area contributed by atoms with Gasteiger partial charge in [0.2, 0.25) is 15.9 Å². The lowest BCUT2D eigenvalue weighted by molar-refractivity contribution is -0.135. The quantitative estimate of drug-likeness (QED) is 0.513. The third kappa shape index (κ3) is 5.92. The Morgan fingerprint density at radius 3 is 2.67 bits per heavy atom. The number of hydrogen-bond acceptors (Lipinski definition) is 6. The standard InChI is InChI=1S/C23H33N3O6S/c27-21(14-17-5-3-6-18(13-17)33(30,31)24-16-22(28)29)25-19-7-9-23(8-4-12-32-23)15-20(19)26-10-1-2-11-26/h3,5-6,13,19-20,24H,1-2,4,7-12,14-16H2,(H,25,27)(H,28,29)/t19-,20-,23+/m0/s1. The second-order valence-electron chi connectivity index (χ2n) is 9.40. The van der Waals surface area contributed by atoms with Crippen molar-refractivity contribution in [2.45, 2.75) is 73.9 Å². The van der Waals surface area contributed by atoms with Crippen LogP contribution in [0.25, 0.3) is 0 Å². The first-order valence-electron chi connectivity index (χ1n) is 11.7. The van der Waals surface area contributed by atoms with Crippen molar-refractivity contribution >= 4 is 21.9 Å². The summed E-state index contributed by atoms with van der Waals surface area (Å²) in [5.74, 6) is -1.40. The first-order valence-corrected chi connectivity index (χ1v) is 13.2. The Hall–Kier alpha value is -2.01. The summed E-state index contributed by atoms with van der Waals surface area (Å²) in [5.41, 5.74) is 0.523. The van der Waals surface area contributed by atoms with Gasteiger partial charge in [0.25, 0.3) is 0 Å². The van der Waals surface area contributed by atoms with Gasteiger partial charge in [-0.15, -0.1) is 0 Å². The maximum atomic E-state index is 12.9. The SMILES string of the molecule is O=C(O)CNS(=O)(=O)c1cccc(CC(=O)N[C@H]2CC[C@]3(CCCO3)C[C@@H]2N2CCCC2)c1. The molecule has 4 rings (SSSR count). The lowest BCUT2D eigenvalue weighted by Gasteiger charge is -2.46. The zero-order valence-electron chi connectivity index (χ0n) is 18.8. The van der Waals surface area contributed by atoms with E-state index in [1.165, 1.54) is 25.0 Å². The molecule has 3 aliphatic rings. The molecule has 0 aromatic heterocycles. The van der Waals surface area contributed by atoms with Crippen molar-refractivity contribution in [2.75, 3.05) is 26.2 Å². The van der Waals surface area contributed by atoms with Crippen LogP contribution in [-0.2, 0) is 30.8 Å². The summed E-state index contributed by atoms with van der Waals surface area (Å²) in [6, 6.07) is 6.38. The molecule has 1 amide bonds. The highest BCUT2D eigenvalue weighted by Crippen LogP contribution is 2.41. The Balaban J connectivity index is 1.41. The van der Waals surface area contributed by atoms with Crippen molar-refractivity contribution in [1.82, 2.24) is 14.9 Å². The largest absolute Gasteiger partial charge is 0.480 e. The van der Waals surface area contributed by atoms with Gasteiger partial charge in [-0.05, 0) is 75.7 Å². The summed E-state index contributed by atoms with van der Waals surface area (Å²) >= 11 is 0. The van der Waals surface area contributed by atoms with E-state index in [1.807, 2.05) is 4.72 Å². The van der Waals surface area contributed by atoms with Gasteiger partial charge in [0, 0.05) is 18.7 Å². The first-order chi connectivity index (χ1) is 15.8. The van der Waals surface area contributed by atoms with Crippen LogP contribution in [0.3, 0.4) is 0 Å². The van der Waals surface area contributed by atoms with E-state index in [0.29, 0.717) is 5.56 Å². The van der Waals surface area contributed by atoms with Gasteiger partial charge in [0.15, 0.2) is 0 Å². The Bertz CT molecular complexity index is 970. The molecule has 3 N–H and O–H groups in total. The number of carbonyl (C=O) groups excluding carboxylic acids is 1. The molecule has 10 heteroatoms. The van der Waals surface area contributed by atoms with Gasteiger partial charge < -0.3 is 15.2 Å². The number of amides is 1. The number of sulfonamides is 1. The van der Waals surface area contributed by atoms with Crippen LogP contribution in [0, 0.1) is 0 Å². The van der Waals surface area contributed by atoms with E-state index in [0.717, 1.165) is 51.8 Å². The molecule has 1 aromatic carbocycles. The number of ether oxygens (including phenoxy) is 1. The van der Waals surface area contributed by atoms with Gasteiger partial charge in [-0.25, -0.2) is 8.42 Å². The number of rotatable bonds is 8. The van der Waals surface area contributed by atoms with Crippen molar-refractivity contribution in [3.05, 3.63) is 29.8 Å². The molecule has 3 fully saturated rings. The van der Waals surface area contributed by atoms with Crippen LogP contribution in [0.1, 0.15) is 50.5 Å². The van der Waals surface area contributed by atoms with E-state index < -0.39 is 22.5 Å². The van der Waals surface area contributed by atoms with E-state index in [9.17, 15) is 18.0 Å². The highest BCUT2D eigenvalue weighted by molar-refractivity contribution is 7.89. The van der Waals surface area contributed by atoms with Crippen LogP contribution in [0.4, 0.5) is 0 Å². The summed E-state index contributed by atoms with van der Waals surface area (Å²) in [6.45, 7) is 2.23. The second-order valence-corrected chi connectivity index (χ2v) is 11.2. The summed E-state index contributed by atoms with van der Waals surface area (Å²) in [7, 11) is -3.96. The van der Waals surface area contributed by atoms with Crippen molar-refractivity contribution in [3.8, 4) is 0 Å². The Morgan fingerprint density at radius 1 is 1.18 bits per heavy atom. The zero-order valence-corrected chi connectivity index (χ0v) is 19.6. The lowest BCUT2D eigenvalue weighted by atomic mass is 9.76. The fraction of sp³-hybridized carbons (Fsp3) is 0.652. The monoisotopic (exact) mass is 479 g/mol. The molecule has 1 saturated carbocycles. The molecule has 182 valence electrons. The minimum Gasteiger partial charge on any atom is -0.480 e. The molecule has 2 aliphatic heterocycles. The third-order valence-corrected chi connectivity index (χ3v) is 8.48. The van der Waals surface area contributed by atoms with Crippen LogP contribution < -0.4 is 10.0 Å². The number of nitrogens with zero attached hydrogens (tertiary/aromatic N) is 1. The highest BCUT2D eigenvalue weighted by atomic mass is 32.2.